The molecule has 11 heteroatoms. The van der Waals surface area contributed by atoms with Crippen molar-refractivity contribution in [2.75, 3.05) is 11.5 Å². The molecule has 150 valence electrons. The number of carbonyl (C=O) groups is 1. The fraction of sp³-hybridized carbons (Fsp3) is 0.167. The van der Waals surface area contributed by atoms with E-state index in [1.54, 1.807) is 25.1 Å². The number of thiazole rings is 1. The summed E-state index contributed by atoms with van der Waals surface area (Å²) in [6.45, 7) is 1.65. The molecule has 0 amide bonds. The Balaban J connectivity index is 1.63. The first kappa shape index (κ1) is 19.7. The second kappa shape index (κ2) is 7.32. The number of carboxylic acid groups (broad SMARTS) is 1. The van der Waals surface area contributed by atoms with Gasteiger partial charge in [0.2, 0.25) is 0 Å². The summed E-state index contributed by atoms with van der Waals surface area (Å²) in [5, 5.41) is 10.2. The van der Waals surface area contributed by atoms with Crippen molar-refractivity contribution in [3.63, 3.8) is 0 Å². The molecule has 8 nitrogen and oxygen atoms in total. The van der Waals surface area contributed by atoms with Gasteiger partial charge in [-0.3, -0.25) is 4.99 Å². The van der Waals surface area contributed by atoms with Crippen molar-refractivity contribution in [1.29, 1.82) is 0 Å². The van der Waals surface area contributed by atoms with Gasteiger partial charge in [0.1, 0.15) is 20.7 Å². The van der Waals surface area contributed by atoms with E-state index in [2.05, 4.69) is 9.98 Å². The molecule has 2 heterocycles. The Morgan fingerprint density at radius 3 is 2.76 bits per heavy atom. The average molecular weight is 450 g/mol. The van der Waals surface area contributed by atoms with Crippen LogP contribution < -0.4 is 9.92 Å². The molecule has 0 aliphatic carbocycles. The summed E-state index contributed by atoms with van der Waals surface area (Å²) >= 11 is 2.64. The van der Waals surface area contributed by atoms with Crippen molar-refractivity contribution in [3.8, 4) is 5.75 Å². The fourth-order valence-electron chi connectivity index (χ4n) is 2.79. The highest BCUT2D eigenvalue weighted by atomic mass is 32.2. The van der Waals surface area contributed by atoms with Crippen LogP contribution >= 0.6 is 23.1 Å². The van der Waals surface area contributed by atoms with Crippen molar-refractivity contribution in [1.82, 2.24) is 4.98 Å². The summed E-state index contributed by atoms with van der Waals surface area (Å²) in [6.07, 6.45) is 0. The second-order valence-electron chi connectivity index (χ2n) is 6.31. The fourth-order valence-corrected chi connectivity index (χ4v) is 6.02. The van der Waals surface area contributed by atoms with Gasteiger partial charge in [-0.15, -0.1) is 23.1 Å². The maximum absolute atomic E-state index is 12.6. The topological polar surface area (TPSA) is 132 Å². The average Bonchev–Trinajstić information content (AvgIpc) is 3.27. The number of carboxylic acids is 1. The van der Waals surface area contributed by atoms with Crippen LogP contribution in [-0.4, -0.2) is 41.3 Å². The van der Waals surface area contributed by atoms with Gasteiger partial charge in [-0.2, -0.15) is 8.42 Å². The Labute approximate surface area is 174 Å². The summed E-state index contributed by atoms with van der Waals surface area (Å²) in [5.74, 6) is -0.436. The molecule has 0 bridgehead atoms. The molecule has 3 aromatic rings. The number of hydrogen-bond acceptors (Lipinski definition) is 9. The normalized spacial score (nSPS) is 16.7. The van der Waals surface area contributed by atoms with Crippen LogP contribution in [0.25, 0.3) is 10.2 Å². The Morgan fingerprint density at radius 1 is 1.28 bits per heavy atom. The Bertz CT molecular complexity index is 1270. The van der Waals surface area contributed by atoms with Crippen LogP contribution in [0.2, 0.25) is 0 Å². The number of aliphatic carboxylic acids is 1. The maximum Gasteiger partial charge on any atom is 0.339 e. The molecular formula is C18H15N3O5S3. The van der Waals surface area contributed by atoms with E-state index < -0.39 is 22.1 Å². The summed E-state index contributed by atoms with van der Waals surface area (Å²) in [4.78, 5) is 19.8. The molecule has 0 unspecified atom stereocenters. The molecular weight excluding hydrogens is 434 g/mol. The standard InChI is InChI=1S/C18H15N3O5S3/c1-9-6-10(19)2-5-15(9)29(24,25)26-11-3-4-12-14(7-11)28-17(20-12)16-21-13(8-27-16)18(22)23/h2-7,13H,8,19H2,1H3,(H,22,23)/t13-/m1/s1. The van der Waals surface area contributed by atoms with E-state index >= 15 is 0 Å². The molecule has 0 saturated heterocycles. The molecule has 29 heavy (non-hydrogen) atoms. The summed E-state index contributed by atoms with van der Waals surface area (Å²) < 4.78 is 31.3. The third kappa shape index (κ3) is 3.93. The minimum Gasteiger partial charge on any atom is -0.480 e. The third-order valence-electron chi connectivity index (χ3n) is 4.15. The zero-order valence-corrected chi connectivity index (χ0v) is 17.5. The van der Waals surface area contributed by atoms with E-state index in [1.165, 1.54) is 41.3 Å². The molecule has 0 radical (unpaired) electrons. The van der Waals surface area contributed by atoms with Crippen molar-refractivity contribution in [2.24, 2.45) is 4.99 Å². The number of fused-ring (bicyclic) bond motifs is 1. The number of thioether (sulfide) groups is 1. The predicted octanol–water partition coefficient (Wildman–Crippen LogP) is 2.90. The molecule has 2 aromatic carbocycles. The van der Waals surface area contributed by atoms with Crippen molar-refractivity contribution in [3.05, 3.63) is 47.0 Å². The zero-order valence-electron chi connectivity index (χ0n) is 15.0. The largest absolute Gasteiger partial charge is 0.480 e. The van der Waals surface area contributed by atoms with Crippen LogP contribution in [0.4, 0.5) is 5.69 Å². The van der Waals surface area contributed by atoms with E-state index in [9.17, 15) is 13.2 Å². The van der Waals surface area contributed by atoms with Crippen LogP contribution in [0.3, 0.4) is 0 Å². The quantitative estimate of drug-likeness (QED) is 0.449. The molecule has 1 aliphatic rings. The highest BCUT2D eigenvalue weighted by molar-refractivity contribution is 8.15. The number of nitrogen functional groups attached to an aromatic ring is 1. The van der Waals surface area contributed by atoms with Crippen LogP contribution in [0, 0.1) is 6.92 Å². The van der Waals surface area contributed by atoms with E-state index in [-0.39, 0.29) is 10.6 Å². The highest BCUT2D eigenvalue weighted by Crippen LogP contribution is 2.32. The minimum absolute atomic E-state index is 0.0493. The van der Waals surface area contributed by atoms with E-state index in [4.69, 9.17) is 15.0 Å². The van der Waals surface area contributed by atoms with Gasteiger partial charge in [-0.05, 0) is 42.8 Å². The maximum atomic E-state index is 12.6. The molecule has 0 spiro atoms. The van der Waals surface area contributed by atoms with Crippen LogP contribution in [0.15, 0.2) is 46.3 Å². The molecule has 1 aliphatic heterocycles. The summed E-state index contributed by atoms with van der Waals surface area (Å²) in [6, 6.07) is 8.50. The monoisotopic (exact) mass is 449 g/mol. The highest BCUT2D eigenvalue weighted by Gasteiger charge is 2.27. The minimum atomic E-state index is -4.02. The number of nitrogens with zero attached hydrogens (tertiary/aromatic N) is 2. The smallest absolute Gasteiger partial charge is 0.339 e. The molecule has 1 atom stereocenters. The number of aromatic nitrogens is 1. The Morgan fingerprint density at radius 2 is 2.07 bits per heavy atom. The lowest BCUT2D eigenvalue weighted by Crippen LogP contribution is -2.17. The predicted molar refractivity (Wildman–Crippen MR) is 113 cm³/mol. The number of nitrogens with two attached hydrogens (primary N) is 1. The van der Waals surface area contributed by atoms with Crippen LogP contribution in [0.1, 0.15) is 10.6 Å². The van der Waals surface area contributed by atoms with Gasteiger partial charge in [0.25, 0.3) is 0 Å². The lowest BCUT2D eigenvalue weighted by Gasteiger charge is -2.09. The van der Waals surface area contributed by atoms with E-state index in [0.29, 0.717) is 37.3 Å². The molecule has 0 saturated carbocycles. The summed E-state index contributed by atoms with van der Waals surface area (Å²) in [5.41, 5.74) is 7.30. The number of rotatable bonds is 5. The van der Waals surface area contributed by atoms with Crippen LogP contribution in [0.5, 0.6) is 5.75 Å². The van der Waals surface area contributed by atoms with Gasteiger partial charge >= 0.3 is 16.1 Å². The molecule has 0 fully saturated rings. The van der Waals surface area contributed by atoms with E-state index in [1.807, 2.05) is 0 Å². The molecule has 4 rings (SSSR count). The Hall–Kier alpha value is -2.63. The number of hydrogen-bond donors (Lipinski definition) is 2. The van der Waals surface area contributed by atoms with Gasteiger partial charge in [0.05, 0.1) is 10.2 Å². The zero-order chi connectivity index (χ0) is 20.8. The van der Waals surface area contributed by atoms with Gasteiger partial charge in [-0.25, -0.2) is 9.78 Å². The number of aliphatic imine (C=N–C) groups is 1. The van der Waals surface area contributed by atoms with Gasteiger partial charge in [0, 0.05) is 17.5 Å². The lowest BCUT2D eigenvalue weighted by molar-refractivity contribution is -0.137. The lowest BCUT2D eigenvalue weighted by atomic mass is 10.2. The second-order valence-corrected chi connectivity index (χ2v) is 9.86. The first-order valence-electron chi connectivity index (χ1n) is 8.38. The van der Waals surface area contributed by atoms with Crippen molar-refractivity contribution < 1.29 is 22.5 Å². The number of anilines is 1. The third-order valence-corrected chi connectivity index (χ3v) is 7.77. The number of benzene rings is 2. The van der Waals surface area contributed by atoms with E-state index in [0.717, 1.165) is 0 Å². The Kier molecular flexibility index (Phi) is 4.97. The SMILES string of the molecule is Cc1cc(N)ccc1S(=O)(=O)Oc1ccc2nc(C3=N[C@@H](C(=O)O)CS3)sc2c1. The van der Waals surface area contributed by atoms with Crippen LogP contribution in [-0.2, 0) is 14.9 Å². The summed E-state index contributed by atoms with van der Waals surface area (Å²) in [7, 11) is -4.02. The van der Waals surface area contributed by atoms with Crippen molar-refractivity contribution >= 4 is 60.1 Å². The number of aryl methyl sites for hydroxylation is 1. The first-order chi connectivity index (χ1) is 13.7. The molecule has 3 N–H and O–H groups in total. The molecule has 1 aromatic heterocycles. The van der Waals surface area contributed by atoms with Gasteiger partial charge < -0.3 is 15.0 Å². The van der Waals surface area contributed by atoms with Gasteiger partial charge in [-0.1, -0.05) is 0 Å². The van der Waals surface area contributed by atoms with Gasteiger partial charge in [0.15, 0.2) is 6.04 Å². The first-order valence-corrected chi connectivity index (χ1v) is 11.6. The van der Waals surface area contributed by atoms with Crippen molar-refractivity contribution in [2.45, 2.75) is 17.9 Å².